The number of benzene rings is 2. The van der Waals surface area contributed by atoms with Gasteiger partial charge in [0.15, 0.2) is 0 Å². The Bertz CT molecular complexity index is 821. The SMILES string of the molecule is N=C(N)N/N=C/c1cn(-c2ccccc2)nc1-c1ccccc1. The maximum Gasteiger partial charge on any atom is 0.206 e. The van der Waals surface area contributed by atoms with Crippen molar-refractivity contribution in [2.24, 2.45) is 10.8 Å². The Labute approximate surface area is 133 Å². The molecule has 6 heteroatoms. The minimum atomic E-state index is -0.210. The summed E-state index contributed by atoms with van der Waals surface area (Å²) in [6.07, 6.45) is 3.50. The lowest BCUT2D eigenvalue weighted by atomic mass is 10.1. The summed E-state index contributed by atoms with van der Waals surface area (Å²) in [5.74, 6) is -0.210. The fraction of sp³-hybridized carbons (Fsp3) is 0. The summed E-state index contributed by atoms with van der Waals surface area (Å²) < 4.78 is 1.80. The molecule has 0 bridgehead atoms. The Balaban J connectivity index is 2.03. The van der Waals surface area contributed by atoms with Crippen molar-refractivity contribution in [3.63, 3.8) is 0 Å². The first-order chi connectivity index (χ1) is 11.2. The molecule has 0 radical (unpaired) electrons. The van der Waals surface area contributed by atoms with Gasteiger partial charge >= 0.3 is 0 Å². The van der Waals surface area contributed by atoms with Gasteiger partial charge in [-0.1, -0.05) is 48.5 Å². The first-order valence-corrected chi connectivity index (χ1v) is 7.07. The van der Waals surface area contributed by atoms with Crippen LogP contribution in [-0.4, -0.2) is 22.0 Å². The summed E-state index contributed by atoms with van der Waals surface area (Å²) in [4.78, 5) is 0. The molecule has 0 unspecified atom stereocenters. The second kappa shape index (κ2) is 6.57. The number of hydrogen-bond acceptors (Lipinski definition) is 3. The van der Waals surface area contributed by atoms with Gasteiger partial charge in [0.05, 0.1) is 11.9 Å². The van der Waals surface area contributed by atoms with Crippen LogP contribution >= 0.6 is 0 Å². The number of nitrogens with two attached hydrogens (primary N) is 1. The van der Waals surface area contributed by atoms with E-state index in [1.54, 1.807) is 10.9 Å². The molecular weight excluding hydrogens is 288 g/mol. The molecule has 0 saturated carbocycles. The van der Waals surface area contributed by atoms with Crippen LogP contribution in [0.15, 0.2) is 72.0 Å². The van der Waals surface area contributed by atoms with Crippen LogP contribution < -0.4 is 11.2 Å². The Morgan fingerprint density at radius 1 is 1.09 bits per heavy atom. The minimum Gasteiger partial charge on any atom is -0.369 e. The first kappa shape index (κ1) is 14.5. The number of guanidine groups is 1. The summed E-state index contributed by atoms with van der Waals surface area (Å²) >= 11 is 0. The summed E-state index contributed by atoms with van der Waals surface area (Å²) in [7, 11) is 0. The van der Waals surface area contributed by atoms with Crippen LogP contribution in [0, 0.1) is 5.41 Å². The van der Waals surface area contributed by atoms with Crippen LogP contribution in [0.3, 0.4) is 0 Å². The molecule has 0 aliphatic heterocycles. The smallest absolute Gasteiger partial charge is 0.206 e. The number of aromatic nitrogens is 2. The third-order valence-electron chi connectivity index (χ3n) is 3.20. The molecule has 0 aliphatic carbocycles. The van der Waals surface area contributed by atoms with E-state index < -0.39 is 0 Å². The van der Waals surface area contributed by atoms with E-state index in [9.17, 15) is 0 Å². The summed E-state index contributed by atoms with van der Waals surface area (Å²) in [5, 5.41) is 15.8. The van der Waals surface area contributed by atoms with E-state index in [1.165, 1.54) is 0 Å². The molecule has 0 amide bonds. The third-order valence-corrected chi connectivity index (χ3v) is 3.20. The summed E-state index contributed by atoms with van der Waals surface area (Å²) in [5.41, 5.74) is 11.2. The maximum atomic E-state index is 7.15. The van der Waals surface area contributed by atoms with E-state index in [0.29, 0.717) is 0 Å². The van der Waals surface area contributed by atoms with E-state index in [0.717, 1.165) is 22.5 Å². The minimum absolute atomic E-state index is 0.210. The standard InChI is InChI=1S/C17H16N6/c18-17(19)21-20-11-14-12-23(15-9-5-2-6-10-15)22-16(14)13-7-3-1-4-8-13/h1-12H,(H4,18,19,21)/b20-11+. The van der Waals surface area contributed by atoms with Crippen molar-refractivity contribution < 1.29 is 0 Å². The molecule has 4 N–H and O–H groups in total. The van der Waals surface area contributed by atoms with Crippen molar-refractivity contribution >= 4 is 12.2 Å². The van der Waals surface area contributed by atoms with Crippen LogP contribution in [0.25, 0.3) is 16.9 Å². The molecule has 6 nitrogen and oxygen atoms in total. The van der Waals surface area contributed by atoms with Crippen LogP contribution in [0.4, 0.5) is 0 Å². The zero-order valence-electron chi connectivity index (χ0n) is 12.3. The molecule has 0 aliphatic rings. The van der Waals surface area contributed by atoms with Crippen molar-refractivity contribution in [1.29, 1.82) is 5.41 Å². The van der Waals surface area contributed by atoms with Gasteiger partial charge in [0.1, 0.15) is 5.69 Å². The van der Waals surface area contributed by atoms with Crippen LogP contribution in [0.2, 0.25) is 0 Å². The highest BCUT2D eigenvalue weighted by Crippen LogP contribution is 2.22. The molecule has 3 rings (SSSR count). The fourth-order valence-electron chi connectivity index (χ4n) is 2.19. The van der Waals surface area contributed by atoms with Crippen LogP contribution in [0.1, 0.15) is 5.56 Å². The van der Waals surface area contributed by atoms with E-state index >= 15 is 0 Å². The van der Waals surface area contributed by atoms with Gasteiger partial charge in [-0.05, 0) is 12.1 Å². The van der Waals surface area contributed by atoms with Crippen molar-refractivity contribution in [2.75, 3.05) is 0 Å². The summed E-state index contributed by atoms with van der Waals surface area (Å²) in [6.45, 7) is 0. The predicted octanol–water partition coefficient (Wildman–Crippen LogP) is 2.36. The van der Waals surface area contributed by atoms with E-state index in [2.05, 4.69) is 15.6 Å². The molecule has 1 aromatic heterocycles. The highest BCUT2D eigenvalue weighted by Gasteiger charge is 2.10. The van der Waals surface area contributed by atoms with Crippen molar-refractivity contribution in [2.45, 2.75) is 0 Å². The predicted molar refractivity (Wildman–Crippen MR) is 91.6 cm³/mol. The Morgan fingerprint density at radius 2 is 1.74 bits per heavy atom. The van der Waals surface area contributed by atoms with Gasteiger partial charge in [0.2, 0.25) is 5.96 Å². The lowest BCUT2D eigenvalue weighted by Crippen LogP contribution is -2.25. The highest BCUT2D eigenvalue weighted by molar-refractivity contribution is 5.89. The molecule has 23 heavy (non-hydrogen) atoms. The van der Waals surface area contributed by atoms with Crippen molar-refractivity contribution in [1.82, 2.24) is 15.2 Å². The van der Waals surface area contributed by atoms with E-state index in [-0.39, 0.29) is 5.96 Å². The number of nitrogens with zero attached hydrogens (tertiary/aromatic N) is 3. The zero-order chi connectivity index (χ0) is 16.1. The normalized spacial score (nSPS) is 10.8. The fourth-order valence-corrected chi connectivity index (χ4v) is 2.19. The molecule has 0 fully saturated rings. The van der Waals surface area contributed by atoms with Gasteiger partial charge < -0.3 is 5.73 Å². The van der Waals surface area contributed by atoms with Crippen molar-refractivity contribution in [3.05, 3.63) is 72.4 Å². The highest BCUT2D eigenvalue weighted by atomic mass is 15.3. The zero-order valence-corrected chi connectivity index (χ0v) is 12.3. The largest absolute Gasteiger partial charge is 0.369 e. The third kappa shape index (κ3) is 3.44. The molecule has 0 atom stereocenters. The first-order valence-electron chi connectivity index (χ1n) is 7.07. The number of para-hydroxylation sites is 1. The van der Waals surface area contributed by atoms with Crippen molar-refractivity contribution in [3.8, 4) is 16.9 Å². The molecule has 2 aromatic carbocycles. The Morgan fingerprint density at radius 3 is 2.39 bits per heavy atom. The van der Waals surface area contributed by atoms with Crippen LogP contribution in [0.5, 0.6) is 0 Å². The second-order valence-corrected chi connectivity index (χ2v) is 4.86. The van der Waals surface area contributed by atoms with E-state index in [1.807, 2.05) is 66.9 Å². The number of nitrogens with one attached hydrogen (secondary N) is 2. The average molecular weight is 304 g/mol. The number of rotatable bonds is 4. The number of hydrazone groups is 1. The maximum absolute atomic E-state index is 7.15. The van der Waals surface area contributed by atoms with Gasteiger partial charge in [0.25, 0.3) is 0 Å². The molecule has 1 heterocycles. The lowest BCUT2D eigenvalue weighted by molar-refractivity contribution is 0.884. The topological polar surface area (TPSA) is 92.1 Å². The van der Waals surface area contributed by atoms with Gasteiger partial charge in [0, 0.05) is 17.3 Å². The quantitative estimate of drug-likeness (QED) is 0.392. The Kier molecular flexibility index (Phi) is 4.15. The average Bonchev–Trinajstić information content (AvgIpc) is 3.00. The lowest BCUT2D eigenvalue weighted by Gasteiger charge is -2.00. The molecule has 3 aromatic rings. The van der Waals surface area contributed by atoms with E-state index in [4.69, 9.17) is 11.1 Å². The Hall–Kier alpha value is -3.41. The second-order valence-electron chi connectivity index (χ2n) is 4.86. The summed E-state index contributed by atoms with van der Waals surface area (Å²) in [6, 6.07) is 19.7. The molecule has 0 saturated heterocycles. The van der Waals surface area contributed by atoms with Gasteiger partial charge in [-0.3, -0.25) is 5.41 Å². The van der Waals surface area contributed by atoms with Gasteiger partial charge in [-0.15, -0.1) is 0 Å². The van der Waals surface area contributed by atoms with Gasteiger partial charge in [-0.25, -0.2) is 10.1 Å². The number of hydrogen-bond donors (Lipinski definition) is 3. The monoisotopic (exact) mass is 304 g/mol. The molecule has 0 spiro atoms. The van der Waals surface area contributed by atoms with Crippen LogP contribution in [-0.2, 0) is 0 Å². The molecular formula is C17H16N6. The van der Waals surface area contributed by atoms with Gasteiger partial charge in [-0.2, -0.15) is 10.2 Å². The molecule has 114 valence electrons.